The van der Waals surface area contributed by atoms with Gasteiger partial charge in [0.2, 0.25) is 0 Å². The van der Waals surface area contributed by atoms with E-state index < -0.39 is 0 Å². The highest BCUT2D eigenvalue weighted by Gasteiger charge is 2.23. The number of hydrogen-bond donors (Lipinski definition) is 1. The van der Waals surface area contributed by atoms with E-state index in [0.717, 1.165) is 21.6 Å². The van der Waals surface area contributed by atoms with Gasteiger partial charge >= 0.3 is 0 Å². The molecule has 1 nitrogen and oxygen atoms in total. The van der Waals surface area contributed by atoms with E-state index in [-0.39, 0.29) is 0 Å². The summed E-state index contributed by atoms with van der Waals surface area (Å²) in [6, 6.07) is 8.47. The molecule has 0 bridgehead atoms. The molecule has 100 valence electrons. The lowest BCUT2D eigenvalue weighted by Gasteiger charge is -2.25. The van der Waals surface area contributed by atoms with E-state index in [1.165, 1.54) is 27.1 Å². The van der Waals surface area contributed by atoms with Gasteiger partial charge in [0, 0.05) is 14.4 Å². The molecule has 1 aromatic heterocycles. The van der Waals surface area contributed by atoms with Crippen molar-refractivity contribution < 1.29 is 0 Å². The molecule has 0 fully saturated rings. The molecule has 3 rings (SSSR count). The second kappa shape index (κ2) is 5.76. The summed E-state index contributed by atoms with van der Waals surface area (Å²) in [7, 11) is 0. The molecular formula is C14H12Br2ClNS. The van der Waals surface area contributed by atoms with Gasteiger partial charge in [-0.1, -0.05) is 11.6 Å². The van der Waals surface area contributed by atoms with Crippen LogP contribution < -0.4 is 5.32 Å². The maximum Gasteiger partial charge on any atom is 0.0705 e. The van der Waals surface area contributed by atoms with Crippen LogP contribution in [0.5, 0.6) is 0 Å². The predicted molar refractivity (Wildman–Crippen MR) is 90.5 cm³/mol. The van der Waals surface area contributed by atoms with E-state index in [4.69, 9.17) is 11.6 Å². The Morgan fingerprint density at radius 3 is 2.95 bits per heavy atom. The highest BCUT2D eigenvalue weighted by Crippen LogP contribution is 2.40. The monoisotopic (exact) mass is 419 g/mol. The lowest BCUT2D eigenvalue weighted by atomic mass is 9.94. The minimum absolute atomic E-state index is 0.376. The Morgan fingerprint density at radius 1 is 1.26 bits per heavy atom. The number of hydrogen-bond acceptors (Lipinski definition) is 2. The van der Waals surface area contributed by atoms with Crippen molar-refractivity contribution in [3.8, 4) is 0 Å². The van der Waals surface area contributed by atoms with Crippen LogP contribution in [-0.4, -0.2) is 0 Å². The van der Waals surface area contributed by atoms with Crippen LogP contribution in [0, 0.1) is 0 Å². The molecule has 1 atom stereocenters. The van der Waals surface area contributed by atoms with Crippen molar-refractivity contribution in [1.29, 1.82) is 0 Å². The maximum atomic E-state index is 6.07. The molecule has 1 aliphatic rings. The number of halogens is 3. The van der Waals surface area contributed by atoms with Crippen molar-refractivity contribution in [1.82, 2.24) is 0 Å². The van der Waals surface area contributed by atoms with Crippen molar-refractivity contribution in [2.75, 3.05) is 5.32 Å². The highest BCUT2D eigenvalue weighted by atomic mass is 79.9. The third kappa shape index (κ3) is 3.02. The van der Waals surface area contributed by atoms with Crippen molar-refractivity contribution in [2.45, 2.75) is 25.3 Å². The molecule has 0 spiro atoms. The van der Waals surface area contributed by atoms with Crippen molar-refractivity contribution in [3.63, 3.8) is 0 Å². The summed E-state index contributed by atoms with van der Waals surface area (Å²) in [4.78, 5) is 1.49. The molecule has 5 heteroatoms. The molecule has 0 radical (unpaired) electrons. The van der Waals surface area contributed by atoms with E-state index in [0.29, 0.717) is 6.04 Å². The Hall–Kier alpha value is -0.0300. The van der Waals surface area contributed by atoms with E-state index >= 15 is 0 Å². The van der Waals surface area contributed by atoms with Gasteiger partial charge in [-0.05, 0) is 81.0 Å². The lowest BCUT2D eigenvalue weighted by molar-refractivity contribution is 0.608. The van der Waals surface area contributed by atoms with Crippen LogP contribution >= 0.6 is 54.8 Å². The number of aryl methyl sites for hydroxylation is 1. The van der Waals surface area contributed by atoms with Crippen molar-refractivity contribution >= 4 is 60.5 Å². The third-order valence-corrected chi connectivity index (χ3v) is 5.98. The first-order chi connectivity index (χ1) is 9.13. The second-order valence-electron chi connectivity index (χ2n) is 4.64. The van der Waals surface area contributed by atoms with Crippen LogP contribution in [0.3, 0.4) is 0 Å². The third-order valence-electron chi connectivity index (χ3n) is 3.34. The summed E-state index contributed by atoms with van der Waals surface area (Å²) < 4.78 is 2.27. The Labute approximate surface area is 138 Å². The number of thiophene rings is 1. The Kier molecular flexibility index (Phi) is 4.22. The molecule has 1 N–H and O–H groups in total. The summed E-state index contributed by atoms with van der Waals surface area (Å²) in [6.45, 7) is 0. The van der Waals surface area contributed by atoms with Crippen LogP contribution in [-0.2, 0) is 6.42 Å². The quantitative estimate of drug-likeness (QED) is 0.590. The van der Waals surface area contributed by atoms with Crippen molar-refractivity contribution in [2.24, 2.45) is 0 Å². The molecule has 1 heterocycles. The van der Waals surface area contributed by atoms with Gasteiger partial charge in [0.25, 0.3) is 0 Å². The highest BCUT2D eigenvalue weighted by molar-refractivity contribution is 9.11. The molecule has 0 aliphatic heterocycles. The first kappa shape index (κ1) is 13.9. The fraction of sp³-hybridized carbons (Fsp3) is 0.286. The van der Waals surface area contributed by atoms with Gasteiger partial charge in [-0.2, -0.15) is 0 Å². The van der Waals surface area contributed by atoms with Crippen LogP contribution in [0.15, 0.2) is 32.5 Å². The largest absolute Gasteiger partial charge is 0.377 e. The molecule has 1 unspecified atom stereocenters. The standard InChI is InChI=1S/C14H12Br2ClNS/c15-10-5-4-8(17)6-12(10)18-11-2-1-3-13-9(11)7-14(16)19-13/h4-7,11,18H,1-3H2. The molecule has 1 aromatic carbocycles. The van der Waals surface area contributed by atoms with Gasteiger partial charge in [0.15, 0.2) is 0 Å². The number of rotatable bonds is 2. The van der Waals surface area contributed by atoms with E-state index in [1.54, 1.807) is 0 Å². The molecule has 0 saturated heterocycles. The SMILES string of the molecule is Clc1ccc(Br)c(NC2CCCc3sc(Br)cc32)c1. The van der Waals surface area contributed by atoms with Crippen LogP contribution in [0.4, 0.5) is 5.69 Å². The van der Waals surface area contributed by atoms with Gasteiger partial charge in [-0.25, -0.2) is 0 Å². The molecule has 1 aliphatic carbocycles. The summed E-state index contributed by atoms with van der Waals surface area (Å²) >= 11 is 15.1. The van der Waals surface area contributed by atoms with Crippen molar-refractivity contribution in [3.05, 3.63) is 48.0 Å². The number of anilines is 1. The summed E-state index contributed by atoms with van der Waals surface area (Å²) in [5.41, 5.74) is 2.49. The first-order valence-electron chi connectivity index (χ1n) is 6.13. The summed E-state index contributed by atoms with van der Waals surface area (Å²) in [6.07, 6.45) is 3.59. The van der Waals surface area contributed by atoms with Crippen LogP contribution in [0.2, 0.25) is 5.02 Å². The lowest BCUT2D eigenvalue weighted by Crippen LogP contribution is -2.15. The number of fused-ring (bicyclic) bond motifs is 1. The molecular weight excluding hydrogens is 409 g/mol. The van der Waals surface area contributed by atoms with Crippen LogP contribution in [0.25, 0.3) is 0 Å². The Morgan fingerprint density at radius 2 is 2.11 bits per heavy atom. The van der Waals surface area contributed by atoms with Gasteiger partial charge in [0.05, 0.1) is 15.5 Å². The van der Waals surface area contributed by atoms with Gasteiger partial charge in [-0.3, -0.25) is 0 Å². The summed E-state index contributed by atoms with van der Waals surface area (Å²) in [5.74, 6) is 0. The molecule has 19 heavy (non-hydrogen) atoms. The smallest absolute Gasteiger partial charge is 0.0705 e. The molecule has 0 saturated carbocycles. The maximum absolute atomic E-state index is 6.07. The average Bonchev–Trinajstić information content (AvgIpc) is 2.75. The van der Waals surface area contributed by atoms with E-state index in [1.807, 2.05) is 29.5 Å². The average molecular weight is 422 g/mol. The van der Waals surface area contributed by atoms with E-state index in [2.05, 4.69) is 43.2 Å². The zero-order chi connectivity index (χ0) is 13.4. The first-order valence-corrected chi connectivity index (χ1v) is 8.91. The minimum atomic E-state index is 0.376. The fourth-order valence-electron chi connectivity index (χ4n) is 2.47. The normalized spacial score (nSPS) is 18.2. The predicted octanol–water partition coefficient (Wildman–Crippen LogP) is 6.42. The van der Waals surface area contributed by atoms with Gasteiger partial charge in [0.1, 0.15) is 0 Å². The summed E-state index contributed by atoms with van der Waals surface area (Å²) in [5, 5.41) is 4.37. The Bertz CT molecular complexity index is 611. The zero-order valence-corrected chi connectivity index (χ0v) is 14.8. The topological polar surface area (TPSA) is 12.0 Å². The second-order valence-corrected chi connectivity index (χ2v) is 8.45. The number of benzene rings is 1. The zero-order valence-electron chi connectivity index (χ0n) is 10.1. The fourth-order valence-corrected chi connectivity index (χ4v) is 4.82. The van der Waals surface area contributed by atoms with Gasteiger partial charge < -0.3 is 5.32 Å². The van der Waals surface area contributed by atoms with E-state index in [9.17, 15) is 0 Å². The number of nitrogens with one attached hydrogen (secondary N) is 1. The molecule has 0 amide bonds. The van der Waals surface area contributed by atoms with Crippen LogP contribution in [0.1, 0.15) is 29.3 Å². The van der Waals surface area contributed by atoms with Gasteiger partial charge in [-0.15, -0.1) is 11.3 Å². The Balaban J connectivity index is 1.90. The minimum Gasteiger partial charge on any atom is -0.377 e. The molecule has 2 aromatic rings.